The van der Waals surface area contributed by atoms with Gasteiger partial charge in [0.25, 0.3) is 5.69 Å². The Bertz CT molecular complexity index is 420. The van der Waals surface area contributed by atoms with Gasteiger partial charge in [-0.25, -0.2) is 0 Å². The molecule has 0 radical (unpaired) electrons. The van der Waals surface area contributed by atoms with Crippen LogP contribution in [0.5, 0.6) is 5.75 Å². The summed E-state index contributed by atoms with van der Waals surface area (Å²) < 4.78 is 16.8. The largest absolute Gasteiger partial charge is 0.486 e. The molecule has 88 valence electrons. The monoisotopic (exact) mass is 263 g/mol. The number of nitro benzene ring substituents is 1. The van der Waals surface area contributed by atoms with Crippen LogP contribution in [0.1, 0.15) is 0 Å². The Kier molecular flexibility index (Phi) is 4.33. The Morgan fingerprint density at radius 2 is 2.00 bits per heavy atom. The summed E-state index contributed by atoms with van der Waals surface area (Å²) in [5.74, 6) is 0.442. The van der Waals surface area contributed by atoms with E-state index < -0.39 is 12.1 Å². The second-order valence-electron chi connectivity index (χ2n) is 3.44. The number of nitrogens with zero attached hydrogens (tertiary/aromatic N) is 1. The molecule has 0 aliphatic rings. The van der Waals surface area contributed by atoms with E-state index in [2.05, 4.69) is 0 Å². The van der Waals surface area contributed by atoms with Crippen LogP contribution < -0.4 is 4.74 Å². The van der Waals surface area contributed by atoms with Gasteiger partial charge in [-0.05, 0) is 18.8 Å². The smallest absolute Gasteiger partial charge is 0.269 e. The van der Waals surface area contributed by atoms with Crippen molar-refractivity contribution in [2.24, 2.45) is 0 Å². The van der Waals surface area contributed by atoms with Crippen molar-refractivity contribution in [2.45, 2.75) is 0 Å². The van der Waals surface area contributed by atoms with E-state index in [-0.39, 0.29) is 17.7 Å². The molecule has 7 heteroatoms. The van der Waals surface area contributed by atoms with Gasteiger partial charge in [0.15, 0.2) is 0 Å². The standard InChI is InChI=1S/C9H11ClNO4P/c1-16(14,6-10)7-15-9-4-2-8(3-5-9)11(12)13/h2-5H,6-7H2,1H3. The molecule has 1 aromatic carbocycles. The van der Waals surface area contributed by atoms with Gasteiger partial charge in [0.2, 0.25) is 0 Å². The minimum absolute atomic E-state index is 0.00984. The fraction of sp³-hybridized carbons (Fsp3) is 0.333. The average molecular weight is 264 g/mol. The number of nitro groups is 1. The molecule has 16 heavy (non-hydrogen) atoms. The molecule has 1 atom stereocenters. The number of benzene rings is 1. The average Bonchev–Trinajstić information content (AvgIpc) is 2.27. The summed E-state index contributed by atoms with van der Waals surface area (Å²) in [6, 6.07) is 5.59. The van der Waals surface area contributed by atoms with E-state index in [0.717, 1.165) is 0 Å². The first-order valence-electron chi connectivity index (χ1n) is 4.43. The van der Waals surface area contributed by atoms with Crippen LogP contribution in [0.25, 0.3) is 0 Å². The van der Waals surface area contributed by atoms with Crippen molar-refractivity contribution in [1.29, 1.82) is 0 Å². The van der Waals surface area contributed by atoms with Crippen molar-refractivity contribution in [3.05, 3.63) is 34.4 Å². The highest BCUT2D eigenvalue weighted by molar-refractivity contribution is 7.64. The van der Waals surface area contributed by atoms with Gasteiger partial charge < -0.3 is 9.30 Å². The van der Waals surface area contributed by atoms with Crippen molar-refractivity contribution >= 4 is 24.4 Å². The molecule has 0 saturated heterocycles. The first kappa shape index (κ1) is 13.0. The number of ether oxygens (including phenoxy) is 1. The second-order valence-corrected chi connectivity index (χ2v) is 7.25. The number of hydrogen-bond acceptors (Lipinski definition) is 4. The highest BCUT2D eigenvalue weighted by atomic mass is 35.5. The van der Waals surface area contributed by atoms with Gasteiger partial charge in [0.1, 0.15) is 19.2 Å². The summed E-state index contributed by atoms with van der Waals surface area (Å²) in [5, 5.41) is 10.4. The summed E-state index contributed by atoms with van der Waals surface area (Å²) in [4.78, 5) is 9.89. The van der Waals surface area contributed by atoms with Crippen LogP contribution in [0.4, 0.5) is 5.69 Å². The molecule has 5 nitrogen and oxygen atoms in total. The van der Waals surface area contributed by atoms with Crippen LogP contribution >= 0.6 is 18.7 Å². The number of rotatable bonds is 5. The zero-order valence-corrected chi connectivity index (χ0v) is 10.3. The zero-order valence-electron chi connectivity index (χ0n) is 8.63. The van der Waals surface area contributed by atoms with E-state index in [9.17, 15) is 14.7 Å². The molecule has 1 unspecified atom stereocenters. The summed E-state index contributed by atoms with van der Waals surface area (Å²) in [5.41, 5.74) is 0.0457. The maximum Gasteiger partial charge on any atom is 0.269 e. The molecule has 0 saturated carbocycles. The van der Waals surface area contributed by atoms with Gasteiger partial charge in [-0.2, -0.15) is 0 Å². The van der Waals surface area contributed by atoms with E-state index >= 15 is 0 Å². The highest BCUT2D eigenvalue weighted by Crippen LogP contribution is 2.42. The van der Waals surface area contributed by atoms with Crippen molar-refractivity contribution in [3.8, 4) is 5.75 Å². The van der Waals surface area contributed by atoms with Crippen LogP contribution in [-0.4, -0.2) is 23.6 Å². The first-order valence-corrected chi connectivity index (χ1v) is 7.49. The fourth-order valence-electron chi connectivity index (χ4n) is 0.910. The van der Waals surface area contributed by atoms with Crippen molar-refractivity contribution in [1.82, 2.24) is 0 Å². The minimum atomic E-state index is -2.46. The minimum Gasteiger partial charge on any atom is -0.486 e. The summed E-state index contributed by atoms with van der Waals surface area (Å²) in [6.45, 7) is 1.55. The van der Waals surface area contributed by atoms with Crippen LogP contribution in [0, 0.1) is 10.1 Å². The topological polar surface area (TPSA) is 69.4 Å². The van der Waals surface area contributed by atoms with E-state index in [4.69, 9.17) is 16.3 Å². The van der Waals surface area contributed by atoms with E-state index in [1.54, 1.807) is 6.66 Å². The second kappa shape index (κ2) is 5.32. The highest BCUT2D eigenvalue weighted by Gasteiger charge is 2.14. The number of non-ortho nitro benzene ring substituents is 1. The Labute approximate surface area is 97.9 Å². The van der Waals surface area contributed by atoms with Crippen LogP contribution in [-0.2, 0) is 4.57 Å². The normalized spacial score (nSPS) is 14.1. The lowest BCUT2D eigenvalue weighted by atomic mass is 10.3. The summed E-state index contributed by atoms with van der Waals surface area (Å²) >= 11 is 5.49. The van der Waals surface area contributed by atoms with Crippen molar-refractivity contribution in [2.75, 3.05) is 18.6 Å². The maximum atomic E-state index is 11.6. The van der Waals surface area contributed by atoms with Gasteiger partial charge in [0, 0.05) is 12.1 Å². The van der Waals surface area contributed by atoms with E-state index in [0.29, 0.717) is 5.75 Å². The number of halogens is 1. The quantitative estimate of drug-likeness (QED) is 0.354. The van der Waals surface area contributed by atoms with E-state index in [1.807, 2.05) is 0 Å². The first-order chi connectivity index (χ1) is 7.44. The predicted octanol–water partition coefficient (Wildman–Crippen LogP) is 3.12. The Balaban J connectivity index is 2.63. The molecule has 0 aromatic heterocycles. The van der Waals surface area contributed by atoms with Gasteiger partial charge in [-0.3, -0.25) is 10.1 Å². The third-order valence-electron chi connectivity index (χ3n) is 1.80. The maximum absolute atomic E-state index is 11.6. The lowest BCUT2D eigenvalue weighted by Crippen LogP contribution is -1.99. The zero-order chi connectivity index (χ0) is 12.2. The summed E-state index contributed by atoms with van der Waals surface area (Å²) in [7, 11) is -2.46. The molecule has 0 spiro atoms. The molecule has 0 aliphatic carbocycles. The van der Waals surface area contributed by atoms with Gasteiger partial charge in [0.05, 0.1) is 10.5 Å². The van der Waals surface area contributed by atoms with Crippen molar-refractivity contribution in [3.63, 3.8) is 0 Å². The lowest BCUT2D eigenvalue weighted by molar-refractivity contribution is -0.384. The van der Waals surface area contributed by atoms with Gasteiger partial charge >= 0.3 is 0 Å². The molecule has 1 rings (SSSR count). The molecule has 0 amide bonds. The molecular formula is C9H11ClNO4P. The Morgan fingerprint density at radius 3 is 2.44 bits per heavy atom. The van der Waals surface area contributed by atoms with Crippen LogP contribution in [0.2, 0.25) is 0 Å². The van der Waals surface area contributed by atoms with Gasteiger partial charge in [-0.1, -0.05) is 0 Å². The fourth-order valence-corrected chi connectivity index (χ4v) is 1.61. The molecule has 0 fully saturated rings. The third-order valence-corrected chi connectivity index (χ3v) is 4.50. The van der Waals surface area contributed by atoms with E-state index in [1.165, 1.54) is 24.3 Å². The molecular weight excluding hydrogens is 253 g/mol. The van der Waals surface area contributed by atoms with Crippen LogP contribution in [0.3, 0.4) is 0 Å². The van der Waals surface area contributed by atoms with Gasteiger partial charge in [-0.15, -0.1) is 11.6 Å². The summed E-state index contributed by atoms with van der Waals surface area (Å²) in [6.07, 6.45) is 0.0360. The molecule has 0 N–H and O–H groups in total. The number of alkyl halides is 1. The number of hydrogen-bond donors (Lipinski definition) is 0. The van der Waals surface area contributed by atoms with Crippen LogP contribution in [0.15, 0.2) is 24.3 Å². The lowest BCUT2D eigenvalue weighted by Gasteiger charge is -2.10. The Morgan fingerprint density at radius 1 is 1.44 bits per heavy atom. The predicted molar refractivity (Wildman–Crippen MR) is 62.8 cm³/mol. The molecule has 0 heterocycles. The molecule has 0 bridgehead atoms. The third kappa shape index (κ3) is 3.83. The Hall–Kier alpha value is -1.06. The molecule has 1 aromatic rings. The van der Waals surface area contributed by atoms with Crippen molar-refractivity contribution < 1.29 is 14.2 Å². The SMILES string of the molecule is CP(=O)(CCl)COc1ccc([N+](=O)[O-])cc1. The molecule has 0 aliphatic heterocycles.